The summed E-state index contributed by atoms with van der Waals surface area (Å²) in [6.45, 7) is 0. The van der Waals surface area contributed by atoms with E-state index in [1.165, 1.54) is 11.1 Å². The van der Waals surface area contributed by atoms with Crippen LogP contribution in [0.25, 0.3) is 0 Å². The Morgan fingerprint density at radius 2 is 1.29 bits per heavy atom. The Labute approximate surface area is 139 Å². The first-order chi connectivity index (χ1) is 10.1. The molecule has 0 spiro atoms. The highest BCUT2D eigenvalue weighted by Crippen LogP contribution is 2.72. The summed E-state index contributed by atoms with van der Waals surface area (Å²) in [4.78, 5) is -0.484. The molecule has 0 unspecified atom stereocenters. The van der Waals surface area contributed by atoms with Crippen molar-refractivity contribution in [2.24, 2.45) is 0 Å². The third kappa shape index (κ3) is 1.84. The molecule has 0 N–H and O–H groups in total. The zero-order chi connectivity index (χ0) is 14.6. The van der Waals surface area contributed by atoms with Crippen LogP contribution in [-0.2, 0) is 4.75 Å². The van der Waals surface area contributed by atoms with Gasteiger partial charge in [-0.15, -0.1) is 35.0 Å². The third-order valence-corrected chi connectivity index (χ3v) is 7.27. The molecule has 0 saturated carbocycles. The first-order valence-corrected chi connectivity index (χ1v) is 8.55. The van der Waals surface area contributed by atoms with E-state index in [4.69, 9.17) is 23.2 Å². The highest BCUT2D eigenvalue weighted by atomic mass is 35.5. The highest BCUT2D eigenvalue weighted by molar-refractivity contribution is 8.03. The Balaban J connectivity index is 2.00. The first kappa shape index (κ1) is 13.8. The topological polar surface area (TPSA) is 0 Å². The number of benzene rings is 2. The van der Waals surface area contributed by atoms with Gasteiger partial charge >= 0.3 is 0 Å². The molecule has 1 aliphatic carbocycles. The number of rotatable bonds is 2. The zero-order valence-electron chi connectivity index (χ0n) is 11.3. The average Bonchev–Trinajstić information content (AvgIpc) is 2.96. The van der Waals surface area contributed by atoms with Crippen molar-refractivity contribution in [3.8, 4) is 0 Å². The van der Waals surface area contributed by atoms with Gasteiger partial charge in [-0.2, -0.15) is 0 Å². The molecule has 2 atom stereocenters. The predicted molar refractivity (Wildman–Crippen MR) is 92.2 cm³/mol. The Bertz CT molecular complexity index is 658. The lowest BCUT2D eigenvalue weighted by Gasteiger charge is -2.41. The quantitative estimate of drug-likeness (QED) is 0.513. The maximum absolute atomic E-state index is 7.09. The summed E-state index contributed by atoms with van der Waals surface area (Å²) in [5, 5.41) is 0. The fourth-order valence-corrected chi connectivity index (χ4v) is 6.63. The monoisotopic (exact) mass is 332 g/mol. The second kappa shape index (κ2) is 4.55. The lowest BCUT2D eigenvalue weighted by Crippen LogP contribution is -2.40. The average molecular weight is 333 g/mol. The molecule has 4 rings (SSSR count). The van der Waals surface area contributed by atoms with Crippen LogP contribution < -0.4 is 0 Å². The van der Waals surface area contributed by atoms with E-state index in [2.05, 4.69) is 60.7 Å². The Morgan fingerprint density at radius 1 is 0.762 bits per heavy atom. The highest BCUT2D eigenvalue weighted by Gasteiger charge is 2.66. The minimum Gasteiger partial charge on any atom is -0.116 e. The first-order valence-electron chi connectivity index (χ1n) is 6.98. The number of hydrogen-bond acceptors (Lipinski definition) is 1. The van der Waals surface area contributed by atoms with Gasteiger partial charge in [-0.25, -0.2) is 0 Å². The fourth-order valence-electron chi connectivity index (χ4n) is 3.49. The van der Waals surface area contributed by atoms with Gasteiger partial charge in [0.25, 0.3) is 0 Å². The summed E-state index contributed by atoms with van der Waals surface area (Å²) < 4.78 is -0.749. The van der Waals surface area contributed by atoms with Gasteiger partial charge in [0.1, 0.15) is 4.21 Å². The Kier molecular flexibility index (Phi) is 2.98. The molecule has 3 heteroatoms. The van der Waals surface area contributed by atoms with Gasteiger partial charge in [0, 0.05) is 6.42 Å². The summed E-state index contributed by atoms with van der Waals surface area (Å²) in [7, 11) is 0. The summed E-state index contributed by atoms with van der Waals surface area (Å²) >= 11 is 15.6. The van der Waals surface area contributed by atoms with E-state index < -0.39 is 9.08 Å². The van der Waals surface area contributed by atoms with Gasteiger partial charge < -0.3 is 0 Å². The number of fused-ring (bicyclic) bond motifs is 2. The van der Waals surface area contributed by atoms with E-state index >= 15 is 0 Å². The Hall–Kier alpha value is -0.890. The van der Waals surface area contributed by atoms with E-state index in [0.29, 0.717) is 0 Å². The van der Waals surface area contributed by atoms with E-state index in [1.807, 2.05) is 12.1 Å². The van der Waals surface area contributed by atoms with E-state index in [0.717, 1.165) is 6.42 Å². The predicted octanol–water partition coefficient (Wildman–Crippen LogP) is 5.55. The maximum atomic E-state index is 7.09. The van der Waals surface area contributed by atoms with Gasteiger partial charge in [-0.05, 0) is 11.1 Å². The third-order valence-electron chi connectivity index (χ3n) is 4.36. The molecule has 0 amide bonds. The van der Waals surface area contributed by atoms with Crippen LogP contribution in [0.3, 0.4) is 0 Å². The minimum absolute atomic E-state index is 0.340. The molecular formula is C18H14Cl2S. The van der Waals surface area contributed by atoms with Crippen LogP contribution >= 0.6 is 35.0 Å². The fraction of sp³-hybridized carbons (Fsp3) is 0.222. The summed E-state index contributed by atoms with van der Waals surface area (Å²) in [5.74, 6) is 0. The number of allylic oxidation sites excluding steroid dienone is 1. The lowest BCUT2D eigenvalue weighted by molar-refractivity contribution is 0.582. The molecule has 21 heavy (non-hydrogen) atoms. The van der Waals surface area contributed by atoms with Gasteiger partial charge in [0.15, 0.2) is 0 Å². The van der Waals surface area contributed by atoms with Crippen LogP contribution in [0.4, 0.5) is 0 Å². The van der Waals surface area contributed by atoms with Crippen molar-refractivity contribution in [3.63, 3.8) is 0 Å². The molecule has 0 radical (unpaired) electrons. The standard InChI is InChI=1S/C18H14Cl2S/c19-16-11-12-17(20,13-16)21-18(16,14-7-3-1-4-8-14)15-9-5-2-6-10-15/h1-12H,13H2/t16-,17-/m0/s1. The van der Waals surface area contributed by atoms with Crippen LogP contribution in [0.15, 0.2) is 72.8 Å². The molecule has 2 aromatic rings. The molecule has 2 aromatic carbocycles. The second-order valence-corrected chi connectivity index (χ2v) is 8.79. The van der Waals surface area contributed by atoms with Gasteiger partial charge in [-0.3, -0.25) is 0 Å². The minimum atomic E-state index is -0.484. The lowest BCUT2D eigenvalue weighted by atomic mass is 9.79. The maximum Gasteiger partial charge on any atom is 0.111 e. The summed E-state index contributed by atoms with van der Waals surface area (Å²) in [5.41, 5.74) is 2.42. The molecular weight excluding hydrogens is 319 g/mol. The van der Waals surface area contributed by atoms with Crippen LogP contribution in [0.2, 0.25) is 0 Å². The SMILES string of the molecule is Cl[C@]12C=C[C@](Cl)(C1)C(c1ccccc1)(c1ccccc1)S2. The summed E-state index contributed by atoms with van der Waals surface area (Å²) in [6, 6.07) is 20.9. The van der Waals surface area contributed by atoms with Crippen LogP contribution in [0.5, 0.6) is 0 Å². The van der Waals surface area contributed by atoms with Crippen LogP contribution in [0, 0.1) is 0 Å². The number of thioether (sulfide) groups is 1. The molecule has 1 saturated heterocycles. The zero-order valence-corrected chi connectivity index (χ0v) is 13.6. The molecule has 2 bridgehead atoms. The van der Waals surface area contributed by atoms with E-state index in [9.17, 15) is 0 Å². The van der Waals surface area contributed by atoms with Crippen LogP contribution in [-0.4, -0.2) is 9.08 Å². The molecule has 1 aliphatic heterocycles. The van der Waals surface area contributed by atoms with Crippen molar-refractivity contribution in [3.05, 3.63) is 83.9 Å². The summed E-state index contributed by atoms with van der Waals surface area (Å²) in [6.07, 6.45) is 4.89. The van der Waals surface area contributed by atoms with E-state index in [-0.39, 0.29) is 4.75 Å². The molecule has 2 aliphatic rings. The van der Waals surface area contributed by atoms with Crippen molar-refractivity contribution >= 4 is 35.0 Å². The van der Waals surface area contributed by atoms with Gasteiger partial charge in [0.05, 0.1) is 9.62 Å². The largest absolute Gasteiger partial charge is 0.116 e. The van der Waals surface area contributed by atoms with Crippen molar-refractivity contribution in [1.29, 1.82) is 0 Å². The molecule has 1 fully saturated rings. The normalized spacial score (nSPS) is 32.5. The van der Waals surface area contributed by atoms with Crippen LogP contribution in [0.1, 0.15) is 17.5 Å². The van der Waals surface area contributed by atoms with Gasteiger partial charge in [-0.1, -0.05) is 72.8 Å². The van der Waals surface area contributed by atoms with E-state index in [1.54, 1.807) is 11.8 Å². The Morgan fingerprint density at radius 3 is 1.67 bits per heavy atom. The molecule has 0 nitrogen and oxygen atoms in total. The number of halogens is 2. The van der Waals surface area contributed by atoms with Crippen molar-refractivity contribution in [2.45, 2.75) is 20.2 Å². The molecule has 1 heterocycles. The molecule has 106 valence electrons. The number of hydrogen-bond donors (Lipinski definition) is 0. The van der Waals surface area contributed by atoms with Gasteiger partial charge in [0.2, 0.25) is 0 Å². The second-order valence-electron chi connectivity index (χ2n) is 5.67. The molecule has 0 aromatic heterocycles. The van der Waals surface area contributed by atoms with Crippen molar-refractivity contribution < 1.29 is 0 Å². The van der Waals surface area contributed by atoms with Crippen molar-refractivity contribution in [2.75, 3.05) is 0 Å². The van der Waals surface area contributed by atoms with Crippen molar-refractivity contribution in [1.82, 2.24) is 0 Å². The number of alkyl halides is 2. The smallest absolute Gasteiger partial charge is 0.111 e.